The second kappa shape index (κ2) is 8.24. The number of rotatable bonds is 8. The molecule has 0 aromatic heterocycles. The average molecular weight is 331 g/mol. The zero-order valence-electron chi connectivity index (χ0n) is 11.2. The Morgan fingerprint density at radius 3 is 2.84 bits per heavy atom. The summed E-state index contributed by atoms with van der Waals surface area (Å²) in [6, 6.07) is 5.20. The maximum Gasteiger partial charge on any atom is 0.273 e. The van der Waals surface area contributed by atoms with Gasteiger partial charge in [0.1, 0.15) is 0 Å². The topological polar surface area (TPSA) is 64.4 Å². The van der Waals surface area contributed by atoms with Crippen molar-refractivity contribution in [1.82, 2.24) is 5.32 Å². The number of halogens is 1. The largest absolute Gasteiger partial charge is 0.383 e. The summed E-state index contributed by atoms with van der Waals surface area (Å²) in [6.45, 7) is 3.17. The summed E-state index contributed by atoms with van der Waals surface area (Å²) < 4.78 is 5.98. The predicted octanol–water partition coefficient (Wildman–Crippen LogP) is 3.26. The van der Waals surface area contributed by atoms with E-state index in [1.54, 1.807) is 19.2 Å². The van der Waals surface area contributed by atoms with E-state index in [1.165, 1.54) is 6.07 Å². The van der Waals surface area contributed by atoms with Crippen molar-refractivity contribution in [2.75, 3.05) is 13.7 Å². The van der Waals surface area contributed by atoms with Gasteiger partial charge in [0.05, 0.1) is 11.5 Å². The number of nitrogens with one attached hydrogen (secondary N) is 1. The van der Waals surface area contributed by atoms with Gasteiger partial charge in [-0.3, -0.25) is 10.1 Å². The van der Waals surface area contributed by atoms with Crippen LogP contribution >= 0.6 is 15.9 Å². The van der Waals surface area contributed by atoms with Crippen LogP contribution in [0, 0.1) is 10.1 Å². The molecule has 5 nitrogen and oxygen atoms in total. The number of methoxy groups -OCH3 is 1. The van der Waals surface area contributed by atoms with Crippen molar-refractivity contribution in [1.29, 1.82) is 0 Å². The summed E-state index contributed by atoms with van der Waals surface area (Å²) in [5.41, 5.74) is 0.819. The van der Waals surface area contributed by atoms with E-state index in [4.69, 9.17) is 4.74 Å². The Balaban J connectivity index is 2.74. The van der Waals surface area contributed by atoms with Crippen LogP contribution in [0.3, 0.4) is 0 Å². The molecule has 0 radical (unpaired) electrons. The van der Waals surface area contributed by atoms with Crippen LogP contribution in [0.4, 0.5) is 5.69 Å². The molecule has 0 saturated heterocycles. The van der Waals surface area contributed by atoms with Crippen molar-refractivity contribution in [2.24, 2.45) is 0 Å². The molecular formula is C13H19BrN2O3. The first kappa shape index (κ1) is 16.1. The SMILES string of the molecule is CCCC(COC)NCc1cc(Br)ccc1[N+](=O)[O-]. The van der Waals surface area contributed by atoms with Gasteiger partial charge in [-0.1, -0.05) is 29.3 Å². The second-order valence-electron chi connectivity index (χ2n) is 4.35. The minimum absolute atomic E-state index is 0.142. The van der Waals surface area contributed by atoms with Gasteiger partial charge in [0.15, 0.2) is 0 Å². The number of nitrogens with zero attached hydrogens (tertiary/aromatic N) is 1. The lowest BCUT2D eigenvalue weighted by atomic mass is 10.1. The summed E-state index contributed by atoms with van der Waals surface area (Å²) in [5.74, 6) is 0. The fraction of sp³-hybridized carbons (Fsp3) is 0.538. The van der Waals surface area contributed by atoms with Crippen LogP contribution < -0.4 is 5.32 Å². The summed E-state index contributed by atoms with van der Waals surface area (Å²) in [5, 5.41) is 14.3. The van der Waals surface area contributed by atoms with Gasteiger partial charge >= 0.3 is 0 Å². The molecule has 0 spiro atoms. The van der Waals surface area contributed by atoms with E-state index < -0.39 is 0 Å². The number of nitro benzene ring substituents is 1. The van der Waals surface area contributed by atoms with Gasteiger partial charge in [-0.2, -0.15) is 0 Å². The molecule has 0 saturated carbocycles. The number of benzene rings is 1. The fourth-order valence-corrected chi connectivity index (χ4v) is 2.33. The molecule has 0 fully saturated rings. The van der Waals surface area contributed by atoms with E-state index in [0.29, 0.717) is 18.7 Å². The highest BCUT2D eigenvalue weighted by Gasteiger charge is 2.15. The Bertz CT molecular complexity index is 420. The predicted molar refractivity (Wildman–Crippen MR) is 78.2 cm³/mol. The molecule has 0 bridgehead atoms. The number of ether oxygens (including phenoxy) is 1. The third-order valence-electron chi connectivity index (χ3n) is 2.82. The Morgan fingerprint density at radius 2 is 2.26 bits per heavy atom. The summed E-state index contributed by atoms with van der Waals surface area (Å²) >= 11 is 3.34. The zero-order valence-corrected chi connectivity index (χ0v) is 12.8. The lowest BCUT2D eigenvalue weighted by Crippen LogP contribution is -2.32. The molecule has 1 rings (SSSR count). The molecule has 0 heterocycles. The molecule has 0 amide bonds. The van der Waals surface area contributed by atoms with Crippen LogP contribution in [-0.2, 0) is 11.3 Å². The standard InChI is InChI=1S/C13H19BrN2O3/c1-3-4-12(9-19-2)15-8-10-7-11(14)5-6-13(10)16(17)18/h5-7,12,15H,3-4,8-9H2,1-2H3. The van der Waals surface area contributed by atoms with E-state index in [-0.39, 0.29) is 16.7 Å². The first-order chi connectivity index (χ1) is 9.08. The maximum absolute atomic E-state index is 11.0. The van der Waals surface area contributed by atoms with Gasteiger partial charge in [-0.25, -0.2) is 0 Å². The van der Waals surface area contributed by atoms with Gasteiger partial charge < -0.3 is 10.1 Å². The Labute approximate surface area is 121 Å². The van der Waals surface area contributed by atoms with Crippen LogP contribution in [0.25, 0.3) is 0 Å². The van der Waals surface area contributed by atoms with E-state index in [9.17, 15) is 10.1 Å². The second-order valence-corrected chi connectivity index (χ2v) is 5.27. The summed E-state index contributed by atoms with van der Waals surface area (Å²) in [4.78, 5) is 10.6. The summed E-state index contributed by atoms with van der Waals surface area (Å²) in [7, 11) is 1.66. The van der Waals surface area contributed by atoms with Gasteiger partial charge in [-0.15, -0.1) is 0 Å². The normalized spacial score (nSPS) is 12.4. The Hall–Kier alpha value is -0.980. The average Bonchev–Trinajstić information content (AvgIpc) is 2.36. The lowest BCUT2D eigenvalue weighted by molar-refractivity contribution is -0.385. The van der Waals surface area contributed by atoms with Crippen molar-refractivity contribution in [3.63, 3.8) is 0 Å². The van der Waals surface area contributed by atoms with Crippen LogP contribution in [0.1, 0.15) is 25.3 Å². The van der Waals surface area contributed by atoms with Gasteiger partial charge in [0.2, 0.25) is 0 Å². The van der Waals surface area contributed by atoms with Crippen molar-refractivity contribution in [2.45, 2.75) is 32.4 Å². The molecular weight excluding hydrogens is 312 g/mol. The fourth-order valence-electron chi connectivity index (χ4n) is 1.92. The Morgan fingerprint density at radius 1 is 1.53 bits per heavy atom. The first-order valence-corrected chi connectivity index (χ1v) is 7.03. The van der Waals surface area contributed by atoms with Crippen molar-refractivity contribution in [3.05, 3.63) is 38.3 Å². The molecule has 1 unspecified atom stereocenters. The van der Waals surface area contributed by atoms with Crippen LogP contribution in [-0.4, -0.2) is 24.7 Å². The van der Waals surface area contributed by atoms with Crippen LogP contribution in [0.15, 0.2) is 22.7 Å². The zero-order chi connectivity index (χ0) is 14.3. The third kappa shape index (κ3) is 5.26. The van der Waals surface area contributed by atoms with Gasteiger partial charge in [0.25, 0.3) is 5.69 Å². The van der Waals surface area contributed by atoms with E-state index in [1.807, 2.05) is 0 Å². The number of nitro groups is 1. The smallest absolute Gasteiger partial charge is 0.273 e. The minimum atomic E-state index is -0.353. The molecule has 19 heavy (non-hydrogen) atoms. The molecule has 1 aromatic carbocycles. The number of hydrogen-bond acceptors (Lipinski definition) is 4. The van der Waals surface area contributed by atoms with Crippen LogP contribution in [0.2, 0.25) is 0 Å². The monoisotopic (exact) mass is 330 g/mol. The van der Waals surface area contributed by atoms with Crippen molar-refractivity contribution in [3.8, 4) is 0 Å². The van der Waals surface area contributed by atoms with Gasteiger partial charge in [0, 0.05) is 35.8 Å². The molecule has 6 heteroatoms. The quantitative estimate of drug-likeness (QED) is 0.587. The van der Waals surface area contributed by atoms with E-state index in [0.717, 1.165) is 17.3 Å². The van der Waals surface area contributed by atoms with Crippen LogP contribution in [0.5, 0.6) is 0 Å². The van der Waals surface area contributed by atoms with Crippen molar-refractivity contribution < 1.29 is 9.66 Å². The van der Waals surface area contributed by atoms with E-state index >= 15 is 0 Å². The number of hydrogen-bond donors (Lipinski definition) is 1. The third-order valence-corrected chi connectivity index (χ3v) is 3.32. The summed E-state index contributed by atoms with van der Waals surface area (Å²) in [6.07, 6.45) is 2.03. The molecule has 0 aliphatic heterocycles. The van der Waals surface area contributed by atoms with E-state index in [2.05, 4.69) is 28.2 Å². The molecule has 1 atom stereocenters. The molecule has 0 aliphatic carbocycles. The van der Waals surface area contributed by atoms with Crippen molar-refractivity contribution >= 4 is 21.6 Å². The maximum atomic E-state index is 11.0. The van der Waals surface area contributed by atoms with Gasteiger partial charge in [-0.05, 0) is 18.6 Å². The highest BCUT2D eigenvalue weighted by Crippen LogP contribution is 2.23. The highest BCUT2D eigenvalue weighted by molar-refractivity contribution is 9.10. The molecule has 1 N–H and O–H groups in total. The minimum Gasteiger partial charge on any atom is -0.383 e. The molecule has 0 aliphatic rings. The lowest BCUT2D eigenvalue weighted by Gasteiger charge is -2.17. The highest BCUT2D eigenvalue weighted by atomic mass is 79.9. The molecule has 1 aromatic rings. The first-order valence-electron chi connectivity index (χ1n) is 6.23. The molecule has 106 valence electrons. The Kier molecular flexibility index (Phi) is 6.97.